The van der Waals surface area contributed by atoms with Crippen molar-refractivity contribution in [2.24, 2.45) is 0 Å². The molecule has 0 amide bonds. The number of nitrogens with zero attached hydrogens (tertiary/aromatic N) is 2. The van der Waals surface area contributed by atoms with E-state index in [1.165, 1.54) is 10.9 Å². The van der Waals surface area contributed by atoms with Crippen molar-refractivity contribution in [3.05, 3.63) is 18.0 Å². The normalized spacial score (nSPS) is 14.5. The zero-order chi connectivity index (χ0) is 10.1. The third kappa shape index (κ3) is 2.73. The zero-order valence-electron chi connectivity index (χ0n) is 7.17. The molecular formula is C7H11F3N3+. The molecule has 1 aromatic rings. The molecule has 1 heterocycles. The summed E-state index contributed by atoms with van der Waals surface area (Å²) in [4.78, 5) is 0. The molecule has 0 aliphatic rings. The van der Waals surface area contributed by atoms with Gasteiger partial charge in [-0.2, -0.15) is 18.3 Å². The molecule has 0 spiro atoms. The van der Waals surface area contributed by atoms with Crippen LogP contribution in [0.25, 0.3) is 0 Å². The van der Waals surface area contributed by atoms with Crippen LogP contribution in [0, 0.1) is 0 Å². The van der Waals surface area contributed by atoms with Gasteiger partial charge in [-0.25, -0.2) is 0 Å². The van der Waals surface area contributed by atoms with E-state index in [-0.39, 0.29) is 6.04 Å². The standard InChI is InChI=1S/C7H10F3N3/c1-5(11)4-13-3-2-6(12-13)7(8,9)10/h2-3,5H,4,11H2,1H3/p+1/t5-/m0/s1. The van der Waals surface area contributed by atoms with E-state index in [2.05, 4.69) is 10.8 Å². The Morgan fingerprint density at radius 1 is 1.62 bits per heavy atom. The van der Waals surface area contributed by atoms with Crippen molar-refractivity contribution in [1.82, 2.24) is 9.78 Å². The summed E-state index contributed by atoms with van der Waals surface area (Å²) in [5, 5.41) is 3.37. The number of hydrogen-bond donors (Lipinski definition) is 1. The topological polar surface area (TPSA) is 45.5 Å². The van der Waals surface area contributed by atoms with E-state index in [9.17, 15) is 13.2 Å². The minimum Gasteiger partial charge on any atom is -0.354 e. The first-order valence-corrected chi connectivity index (χ1v) is 3.83. The Hall–Kier alpha value is -1.04. The molecule has 1 rings (SSSR count). The van der Waals surface area contributed by atoms with Crippen LogP contribution in [0.1, 0.15) is 12.6 Å². The van der Waals surface area contributed by atoms with Crippen molar-refractivity contribution in [3.63, 3.8) is 0 Å². The second kappa shape index (κ2) is 3.37. The summed E-state index contributed by atoms with van der Waals surface area (Å²) in [6.07, 6.45) is -3.04. The molecule has 0 aromatic carbocycles. The number of alkyl halides is 3. The SMILES string of the molecule is C[C@H]([NH3+])Cn1ccc(C(F)(F)F)n1. The Labute approximate surface area is 73.3 Å². The fraction of sp³-hybridized carbons (Fsp3) is 0.571. The van der Waals surface area contributed by atoms with Crippen molar-refractivity contribution in [2.75, 3.05) is 0 Å². The summed E-state index contributed by atoms with van der Waals surface area (Å²) in [6, 6.07) is 1.00. The van der Waals surface area contributed by atoms with E-state index in [0.29, 0.717) is 6.54 Å². The lowest BCUT2D eigenvalue weighted by Crippen LogP contribution is -2.60. The smallest absolute Gasteiger partial charge is 0.354 e. The largest absolute Gasteiger partial charge is 0.435 e. The molecule has 1 aromatic heterocycles. The fourth-order valence-electron chi connectivity index (χ4n) is 0.934. The molecule has 0 unspecified atom stereocenters. The summed E-state index contributed by atoms with van der Waals surface area (Å²) < 4.78 is 37.4. The molecule has 0 bridgehead atoms. The van der Waals surface area contributed by atoms with E-state index in [0.717, 1.165) is 6.07 Å². The van der Waals surface area contributed by atoms with Crippen molar-refractivity contribution < 1.29 is 18.9 Å². The summed E-state index contributed by atoms with van der Waals surface area (Å²) in [6.45, 7) is 2.21. The Morgan fingerprint density at radius 2 is 2.23 bits per heavy atom. The molecule has 0 aliphatic heterocycles. The van der Waals surface area contributed by atoms with Crippen LogP contribution >= 0.6 is 0 Å². The Morgan fingerprint density at radius 3 is 2.62 bits per heavy atom. The highest BCUT2D eigenvalue weighted by Gasteiger charge is 2.33. The van der Waals surface area contributed by atoms with E-state index in [4.69, 9.17) is 0 Å². The molecule has 0 fully saturated rings. The number of rotatable bonds is 2. The van der Waals surface area contributed by atoms with Gasteiger partial charge in [0, 0.05) is 6.20 Å². The van der Waals surface area contributed by atoms with Crippen molar-refractivity contribution in [3.8, 4) is 0 Å². The van der Waals surface area contributed by atoms with Crippen LogP contribution in [-0.2, 0) is 12.7 Å². The third-order valence-electron chi connectivity index (χ3n) is 1.43. The lowest BCUT2D eigenvalue weighted by molar-refractivity contribution is -0.417. The van der Waals surface area contributed by atoms with E-state index in [1.54, 1.807) is 0 Å². The van der Waals surface area contributed by atoms with Crippen LogP contribution in [0.15, 0.2) is 12.3 Å². The summed E-state index contributed by atoms with van der Waals surface area (Å²) >= 11 is 0. The van der Waals surface area contributed by atoms with Crippen molar-refractivity contribution >= 4 is 0 Å². The average molecular weight is 194 g/mol. The van der Waals surface area contributed by atoms with Gasteiger partial charge in [0.2, 0.25) is 0 Å². The highest BCUT2D eigenvalue weighted by molar-refractivity contribution is 5.03. The second-order valence-corrected chi connectivity index (χ2v) is 3.03. The van der Waals surface area contributed by atoms with Gasteiger partial charge in [-0.15, -0.1) is 0 Å². The van der Waals surface area contributed by atoms with Crippen LogP contribution in [-0.4, -0.2) is 15.8 Å². The maximum absolute atomic E-state index is 12.0. The minimum atomic E-state index is -4.35. The zero-order valence-corrected chi connectivity index (χ0v) is 7.17. The van der Waals surface area contributed by atoms with Gasteiger partial charge in [-0.1, -0.05) is 0 Å². The molecule has 6 heteroatoms. The summed E-state index contributed by atoms with van der Waals surface area (Å²) in [5.74, 6) is 0. The van der Waals surface area contributed by atoms with Gasteiger partial charge < -0.3 is 5.73 Å². The lowest BCUT2D eigenvalue weighted by Gasteiger charge is -2.03. The molecule has 0 aliphatic carbocycles. The van der Waals surface area contributed by atoms with E-state index < -0.39 is 11.9 Å². The predicted octanol–water partition coefficient (Wildman–Crippen LogP) is 0.532. The van der Waals surface area contributed by atoms with Gasteiger partial charge in [-0.3, -0.25) is 4.68 Å². The molecule has 74 valence electrons. The lowest BCUT2D eigenvalue weighted by atomic mass is 10.4. The quantitative estimate of drug-likeness (QED) is 0.733. The van der Waals surface area contributed by atoms with Crippen LogP contribution < -0.4 is 5.73 Å². The number of halogens is 3. The van der Waals surface area contributed by atoms with E-state index >= 15 is 0 Å². The van der Waals surface area contributed by atoms with Gasteiger partial charge in [-0.05, 0) is 13.0 Å². The minimum absolute atomic E-state index is 0.0426. The van der Waals surface area contributed by atoms with Crippen molar-refractivity contribution in [2.45, 2.75) is 25.7 Å². The molecule has 0 saturated heterocycles. The van der Waals surface area contributed by atoms with Gasteiger partial charge >= 0.3 is 6.18 Å². The van der Waals surface area contributed by atoms with Crippen LogP contribution in [0.3, 0.4) is 0 Å². The second-order valence-electron chi connectivity index (χ2n) is 3.03. The maximum Gasteiger partial charge on any atom is 0.435 e. The molecule has 0 saturated carbocycles. The Balaban J connectivity index is 2.75. The van der Waals surface area contributed by atoms with Gasteiger partial charge in [0.1, 0.15) is 6.04 Å². The predicted molar refractivity (Wildman–Crippen MR) is 39.6 cm³/mol. The Bertz CT molecular complexity index is 277. The molecule has 1 atom stereocenters. The highest BCUT2D eigenvalue weighted by atomic mass is 19.4. The maximum atomic E-state index is 12.0. The van der Waals surface area contributed by atoms with Gasteiger partial charge in [0.05, 0.1) is 6.54 Å². The molecule has 3 nitrogen and oxygen atoms in total. The van der Waals surface area contributed by atoms with Crippen LogP contribution in [0.5, 0.6) is 0 Å². The van der Waals surface area contributed by atoms with Gasteiger partial charge in [0.25, 0.3) is 0 Å². The van der Waals surface area contributed by atoms with Gasteiger partial charge in [0.15, 0.2) is 5.69 Å². The molecular weight excluding hydrogens is 183 g/mol. The first kappa shape index (κ1) is 10.0. The molecule has 3 N–H and O–H groups in total. The molecule has 0 radical (unpaired) electrons. The summed E-state index contributed by atoms with van der Waals surface area (Å²) in [7, 11) is 0. The highest BCUT2D eigenvalue weighted by Crippen LogP contribution is 2.27. The fourth-order valence-corrected chi connectivity index (χ4v) is 0.934. The Kier molecular flexibility index (Phi) is 2.60. The third-order valence-corrected chi connectivity index (χ3v) is 1.43. The van der Waals surface area contributed by atoms with E-state index in [1.807, 2.05) is 6.92 Å². The average Bonchev–Trinajstić information content (AvgIpc) is 2.32. The first-order valence-electron chi connectivity index (χ1n) is 3.83. The van der Waals surface area contributed by atoms with Crippen molar-refractivity contribution in [1.29, 1.82) is 0 Å². The van der Waals surface area contributed by atoms with Crippen LogP contribution in [0.2, 0.25) is 0 Å². The summed E-state index contributed by atoms with van der Waals surface area (Å²) in [5.41, 5.74) is 2.81. The molecule has 13 heavy (non-hydrogen) atoms. The number of aromatic nitrogens is 2. The first-order chi connectivity index (χ1) is 5.89. The number of hydrogen-bond acceptors (Lipinski definition) is 1. The number of quaternary nitrogens is 1. The van der Waals surface area contributed by atoms with Crippen LogP contribution in [0.4, 0.5) is 13.2 Å². The monoisotopic (exact) mass is 194 g/mol.